The molecule has 1 rings (SSSR count). The molecule has 30 heavy (non-hydrogen) atoms. The highest BCUT2D eigenvalue weighted by Crippen LogP contribution is 2.54. The first-order valence-corrected chi connectivity index (χ1v) is 10.1. The van der Waals surface area contributed by atoms with Crippen molar-refractivity contribution in [2.24, 2.45) is 0 Å². The summed E-state index contributed by atoms with van der Waals surface area (Å²) in [6.45, 7) is 1.65. The molecule has 174 valence electrons. The topological polar surface area (TPSA) is 54.4 Å². The average molecular weight is 474 g/mol. The van der Waals surface area contributed by atoms with Crippen LogP contribution in [0.2, 0.25) is 0 Å². The summed E-state index contributed by atoms with van der Waals surface area (Å²) < 4.78 is 147. The molecule has 0 bridgehead atoms. The Balaban J connectivity index is 2.64. The number of aryl methyl sites for hydroxylation is 2. The van der Waals surface area contributed by atoms with Gasteiger partial charge in [0.1, 0.15) is 0 Å². The van der Waals surface area contributed by atoms with Crippen LogP contribution in [0.5, 0.6) is 0 Å². The van der Waals surface area contributed by atoms with Gasteiger partial charge >= 0.3 is 23.9 Å². The highest BCUT2D eigenvalue weighted by atomic mass is 32.2. The van der Waals surface area contributed by atoms with Gasteiger partial charge in [0, 0.05) is 6.42 Å². The average Bonchev–Trinajstić information content (AvgIpc) is 2.55. The Labute approximate surface area is 167 Å². The van der Waals surface area contributed by atoms with E-state index in [0.717, 1.165) is 0 Å². The van der Waals surface area contributed by atoms with Gasteiger partial charge in [0.2, 0.25) is 0 Å². The largest absolute Gasteiger partial charge is 0.460 e. The molecule has 0 spiro atoms. The van der Waals surface area contributed by atoms with Gasteiger partial charge in [0.05, 0.1) is 4.90 Å². The Hall–Kier alpha value is -1.50. The second-order valence-corrected chi connectivity index (χ2v) is 8.24. The maximum absolute atomic E-state index is 13.4. The zero-order valence-electron chi connectivity index (χ0n) is 15.5. The maximum atomic E-state index is 13.4. The zero-order chi connectivity index (χ0) is 23.6. The Kier molecular flexibility index (Phi) is 7.90. The van der Waals surface area contributed by atoms with Crippen molar-refractivity contribution in [1.82, 2.24) is 0 Å². The highest BCUT2D eigenvalue weighted by molar-refractivity contribution is 7.85. The van der Waals surface area contributed by atoms with E-state index in [2.05, 4.69) is 0 Å². The standard InChI is InChI=1S/C17H19F9O3S/c1-11-7-8-13(30(27,28)29)12(10-11)6-4-2-3-5-9-14(18,19)15(20,21)16(22,23)17(24,25)26/h7-8,10H,2-6,9H2,1H3,(H,27,28,29). The molecule has 0 atom stereocenters. The predicted octanol–water partition coefficient (Wildman–Crippen LogP) is 6.20. The Bertz CT molecular complexity index is 833. The van der Waals surface area contributed by atoms with E-state index in [1.165, 1.54) is 18.2 Å². The number of hydrogen-bond acceptors (Lipinski definition) is 2. The summed E-state index contributed by atoms with van der Waals surface area (Å²) in [4.78, 5) is -0.353. The molecule has 1 N–H and O–H groups in total. The van der Waals surface area contributed by atoms with E-state index < -0.39 is 46.9 Å². The summed E-state index contributed by atoms with van der Waals surface area (Å²) >= 11 is 0. The van der Waals surface area contributed by atoms with Crippen LogP contribution in [0.1, 0.15) is 43.2 Å². The Morgan fingerprint density at radius 3 is 1.87 bits per heavy atom. The minimum atomic E-state index is -6.89. The van der Waals surface area contributed by atoms with Crippen LogP contribution in [0.4, 0.5) is 39.5 Å². The number of benzene rings is 1. The van der Waals surface area contributed by atoms with Crippen LogP contribution in [-0.4, -0.2) is 36.9 Å². The predicted molar refractivity (Wildman–Crippen MR) is 88.7 cm³/mol. The molecule has 0 radical (unpaired) electrons. The van der Waals surface area contributed by atoms with E-state index in [4.69, 9.17) is 4.55 Å². The van der Waals surface area contributed by atoms with Gasteiger partial charge in [0.15, 0.2) is 0 Å². The van der Waals surface area contributed by atoms with Gasteiger partial charge in [-0.3, -0.25) is 4.55 Å². The third kappa shape index (κ3) is 5.80. The van der Waals surface area contributed by atoms with Crippen LogP contribution in [0, 0.1) is 6.92 Å². The number of alkyl halides is 9. The summed E-state index contributed by atoms with van der Waals surface area (Å²) in [7, 11) is -4.50. The number of hydrogen-bond donors (Lipinski definition) is 1. The molecule has 1 aromatic rings. The molecule has 0 amide bonds. The van der Waals surface area contributed by atoms with E-state index in [-0.39, 0.29) is 36.1 Å². The quantitative estimate of drug-likeness (QED) is 0.250. The monoisotopic (exact) mass is 474 g/mol. The van der Waals surface area contributed by atoms with E-state index >= 15 is 0 Å². The van der Waals surface area contributed by atoms with Crippen molar-refractivity contribution in [1.29, 1.82) is 0 Å². The van der Waals surface area contributed by atoms with E-state index in [9.17, 15) is 47.9 Å². The van der Waals surface area contributed by atoms with Crippen molar-refractivity contribution in [2.45, 2.75) is 74.3 Å². The van der Waals surface area contributed by atoms with Crippen LogP contribution in [0.15, 0.2) is 23.1 Å². The van der Waals surface area contributed by atoms with Crippen LogP contribution < -0.4 is 0 Å². The molecule has 13 heteroatoms. The molecule has 1 aromatic carbocycles. The smallest absolute Gasteiger partial charge is 0.282 e. The second kappa shape index (κ2) is 8.93. The molecule has 0 unspecified atom stereocenters. The highest BCUT2D eigenvalue weighted by Gasteiger charge is 2.81. The molecule has 0 aliphatic carbocycles. The lowest BCUT2D eigenvalue weighted by Crippen LogP contribution is -2.60. The van der Waals surface area contributed by atoms with Gasteiger partial charge in [-0.2, -0.15) is 47.9 Å². The summed E-state index contributed by atoms with van der Waals surface area (Å²) in [5.74, 6) is -19.1. The first-order valence-electron chi connectivity index (χ1n) is 8.62. The summed E-state index contributed by atoms with van der Waals surface area (Å²) in [6.07, 6.45) is -9.34. The van der Waals surface area contributed by atoms with E-state index in [1.807, 2.05) is 0 Å². The van der Waals surface area contributed by atoms with Gasteiger partial charge in [-0.15, -0.1) is 0 Å². The van der Waals surface area contributed by atoms with Crippen LogP contribution in [-0.2, 0) is 16.5 Å². The third-order valence-electron chi connectivity index (χ3n) is 4.39. The lowest BCUT2D eigenvalue weighted by molar-refractivity contribution is -0.396. The van der Waals surface area contributed by atoms with Gasteiger partial charge in [-0.05, 0) is 37.8 Å². The molecule has 0 heterocycles. The zero-order valence-corrected chi connectivity index (χ0v) is 16.4. The molecule has 0 aromatic heterocycles. The minimum absolute atomic E-state index is 0.0789. The van der Waals surface area contributed by atoms with Crippen LogP contribution >= 0.6 is 0 Å². The lowest BCUT2D eigenvalue weighted by Gasteiger charge is -2.33. The molecule has 0 fully saturated rings. The van der Waals surface area contributed by atoms with Crippen LogP contribution in [0.3, 0.4) is 0 Å². The van der Waals surface area contributed by atoms with Crippen LogP contribution in [0.25, 0.3) is 0 Å². The molecule has 0 saturated carbocycles. The van der Waals surface area contributed by atoms with E-state index in [0.29, 0.717) is 5.56 Å². The summed E-state index contributed by atoms with van der Waals surface area (Å²) in [6, 6.07) is 4.08. The lowest BCUT2D eigenvalue weighted by atomic mass is 9.97. The van der Waals surface area contributed by atoms with E-state index in [1.54, 1.807) is 6.92 Å². The molecule has 0 aliphatic heterocycles. The normalized spacial score (nSPS) is 14.2. The van der Waals surface area contributed by atoms with Crippen molar-refractivity contribution in [3.63, 3.8) is 0 Å². The fourth-order valence-corrected chi connectivity index (χ4v) is 3.47. The summed E-state index contributed by atoms with van der Waals surface area (Å²) in [5.41, 5.74) is 0.907. The minimum Gasteiger partial charge on any atom is -0.282 e. The summed E-state index contributed by atoms with van der Waals surface area (Å²) in [5, 5.41) is 0. The fourth-order valence-electron chi connectivity index (χ4n) is 2.74. The van der Waals surface area contributed by atoms with Gasteiger partial charge in [-0.25, -0.2) is 0 Å². The van der Waals surface area contributed by atoms with Gasteiger partial charge < -0.3 is 0 Å². The number of halogens is 9. The first kappa shape index (κ1) is 26.5. The van der Waals surface area contributed by atoms with Crippen molar-refractivity contribution >= 4 is 10.1 Å². The molecule has 0 aliphatic rings. The number of rotatable bonds is 10. The first-order chi connectivity index (χ1) is 13.3. The fraction of sp³-hybridized carbons (Fsp3) is 0.647. The third-order valence-corrected chi connectivity index (χ3v) is 5.34. The molecular formula is C17H19F9O3S. The van der Waals surface area contributed by atoms with Crippen molar-refractivity contribution < 1.29 is 52.5 Å². The molecule has 3 nitrogen and oxygen atoms in total. The van der Waals surface area contributed by atoms with Gasteiger partial charge in [0.25, 0.3) is 10.1 Å². The van der Waals surface area contributed by atoms with Gasteiger partial charge in [-0.1, -0.05) is 30.5 Å². The number of unbranched alkanes of at least 4 members (excludes halogenated alkanes) is 3. The maximum Gasteiger partial charge on any atom is 0.460 e. The van der Waals surface area contributed by atoms with Crippen molar-refractivity contribution in [3.05, 3.63) is 29.3 Å². The SMILES string of the molecule is Cc1ccc(S(=O)(=O)O)c(CCCCCCC(F)(F)C(F)(F)C(F)(F)C(F)(F)F)c1. The van der Waals surface area contributed by atoms with Crippen molar-refractivity contribution in [3.8, 4) is 0 Å². The Morgan fingerprint density at radius 2 is 1.37 bits per heavy atom. The molecular weight excluding hydrogens is 455 g/mol. The van der Waals surface area contributed by atoms with Crippen molar-refractivity contribution in [2.75, 3.05) is 0 Å². The Morgan fingerprint density at radius 1 is 0.833 bits per heavy atom. The second-order valence-electron chi connectivity index (χ2n) is 6.85. The molecule has 0 saturated heterocycles.